The molecule has 3 aromatic carbocycles. The molecule has 4 rings (SSSR count). The van der Waals surface area contributed by atoms with E-state index in [1.165, 1.54) is 37.3 Å². The minimum absolute atomic E-state index is 0.0392. The summed E-state index contributed by atoms with van der Waals surface area (Å²) >= 11 is 0. The summed E-state index contributed by atoms with van der Waals surface area (Å²) in [4.78, 5) is 28.9. The van der Waals surface area contributed by atoms with Crippen LogP contribution in [0.1, 0.15) is 43.7 Å². The molecule has 1 aliphatic carbocycles. The maximum Gasteiger partial charge on any atom is 0.264 e. The number of rotatable bonds is 12. The summed E-state index contributed by atoms with van der Waals surface area (Å²) in [5, 5.41) is 3.08. The van der Waals surface area contributed by atoms with Gasteiger partial charge >= 0.3 is 0 Å². The molecule has 0 bridgehead atoms. The number of hydrogen-bond donors (Lipinski definition) is 1. The summed E-state index contributed by atoms with van der Waals surface area (Å²) in [6, 6.07) is 19.7. The zero-order chi connectivity index (χ0) is 30.3. The molecule has 0 radical (unpaired) electrons. The fourth-order valence-corrected chi connectivity index (χ4v) is 6.51. The molecule has 1 aliphatic rings. The van der Waals surface area contributed by atoms with Crippen LogP contribution < -0.4 is 19.1 Å². The Morgan fingerprint density at radius 1 is 0.929 bits per heavy atom. The number of nitrogens with zero attached hydrogens (tertiary/aromatic N) is 2. The summed E-state index contributed by atoms with van der Waals surface area (Å²) < 4.78 is 39.9. The number of aryl methyl sites for hydroxylation is 1. The van der Waals surface area contributed by atoms with Crippen molar-refractivity contribution in [2.24, 2.45) is 0 Å². The van der Waals surface area contributed by atoms with Gasteiger partial charge in [0.25, 0.3) is 10.0 Å². The van der Waals surface area contributed by atoms with Crippen LogP contribution in [0.5, 0.6) is 11.5 Å². The summed E-state index contributed by atoms with van der Waals surface area (Å²) in [5.74, 6) is -0.0381. The number of carbonyl (C=O) groups is 2. The van der Waals surface area contributed by atoms with Gasteiger partial charge in [0.1, 0.15) is 12.6 Å². The molecule has 1 N–H and O–H groups in total. The van der Waals surface area contributed by atoms with Crippen LogP contribution in [0.25, 0.3) is 0 Å². The Bertz CT molecular complexity index is 1470. The second kappa shape index (κ2) is 13.7. The SMILES string of the molecule is COc1ccc(N(CC(=O)N(Cc2ccccc2)C(C)C(=O)NC2CCCC2)S(=O)(=O)c2ccc(C)cc2)cc1OC. The lowest BCUT2D eigenvalue weighted by Crippen LogP contribution is -2.52. The van der Waals surface area contributed by atoms with Crippen LogP contribution >= 0.6 is 0 Å². The summed E-state index contributed by atoms with van der Waals surface area (Å²) in [7, 11) is -1.25. The fraction of sp³-hybridized carbons (Fsp3) is 0.375. The number of benzene rings is 3. The molecule has 0 aromatic heterocycles. The molecule has 1 fully saturated rings. The first kappa shape index (κ1) is 30.9. The normalized spacial score (nSPS) is 14.2. The van der Waals surface area contributed by atoms with Crippen molar-refractivity contribution >= 4 is 27.5 Å². The van der Waals surface area contributed by atoms with Crippen molar-refractivity contribution in [3.8, 4) is 11.5 Å². The minimum atomic E-state index is -4.19. The van der Waals surface area contributed by atoms with E-state index >= 15 is 0 Å². The summed E-state index contributed by atoms with van der Waals surface area (Å²) in [6.07, 6.45) is 3.94. The molecule has 0 saturated heterocycles. The fourth-order valence-electron chi connectivity index (χ4n) is 5.10. The average Bonchev–Trinajstić information content (AvgIpc) is 3.51. The van der Waals surface area contributed by atoms with Crippen LogP contribution in [-0.2, 0) is 26.2 Å². The molecule has 42 heavy (non-hydrogen) atoms. The number of ether oxygens (including phenoxy) is 2. The van der Waals surface area contributed by atoms with Crippen molar-refractivity contribution in [2.45, 2.75) is 63.1 Å². The largest absolute Gasteiger partial charge is 0.493 e. The molecule has 0 aliphatic heterocycles. The van der Waals surface area contributed by atoms with Crippen molar-refractivity contribution < 1.29 is 27.5 Å². The van der Waals surface area contributed by atoms with E-state index in [1.54, 1.807) is 31.2 Å². The van der Waals surface area contributed by atoms with Gasteiger partial charge in [-0.05, 0) is 56.5 Å². The number of sulfonamides is 1. The summed E-state index contributed by atoms with van der Waals surface area (Å²) in [5.41, 5.74) is 1.95. The van der Waals surface area contributed by atoms with Gasteiger partial charge in [0.05, 0.1) is 24.8 Å². The molecule has 2 amide bonds. The van der Waals surface area contributed by atoms with Crippen molar-refractivity contribution in [3.63, 3.8) is 0 Å². The molecule has 3 aromatic rings. The number of methoxy groups -OCH3 is 2. The zero-order valence-corrected chi connectivity index (χ0v) is 25.4. The third-order valence-corrected chi connectivity index (χ3v) is 9.40. The van der Waals surface area contributed by atoms with Crippen LogP contribution in [-0.4, -0.2) is 58.0 Å². The Morgan fingerprint density at radius 2 is 1.57 bits per heavy atom. The van der Waals surface area contributed by atoms with Crippen molar-refractivity contribution in [3.05, 3.63) is 83.9 Å². The second-order valence-corrected chi connectivity index (χ2v) is 12.4. The van der Waals surface area contributed by atoms with Crippen LogP contribution in [0.4, 0.5) is 5.69 Å². The molecular formula is C32H39N3O6S. The standard InChI is InChI=1S/C32H39N3O6S/c1-23-14-17-28(18-15-23)42(38,39)35(27-16-19-29(40-3)30(20-27)41-4)22-31(36)34(21-25-10-6-5-7-11-25)24(2)32(37)33-26-12-8-9-13-26/h5-7,10-11,14-20,24,26H,8-9,12-13,21-22H2,1-4H3,(H,33,37). The predicted molar refractivity (Wildman–Crippen MR) is 162 cm³/mol. The maximum absolute atomic E-state index is 14.1. The van der Waals surface area contributed by atoms with Crippen molar-refractivity contribution in [2.75, 3.05) is 25.1 Å². The van der Waals surface area contributed by atoms with Gasteiger partial charge in [-0.2, -0.15) is 0 Å². The van der Waals surface area contributed by atoms with Gasteiger partial charge in [0, 0.05) is 18.7 Å². The number of amides is 2. The Kier molecular flexibility index (Phi) is 10.1. The third kappa shape index (κ3) is 7.23. The van der Waals surface area contributed by atoms with Crippen LogP contribution in [0.15, 0.2) is 77.7 Å². The van der Waals surface area contributed by atoms with E-state index in [2.05, 4.69) is 5.32 Å². The molecule has 0 spiro atoms. The highest BCUT2D eigenvalue weighted by Crippen LogP contribution is 2.34. The van der Waals surface area contributed by atoms with Gasteiger partial charge in [-0.3, -0.25) is 13.9 Å². The number of hydrogen-bond acceptors (Lipinski definition) is 6. The molecular weight excluding hydrogens is 554 g/mol. The molecule has 10 heteroatoms. The topological polar surface area (TPSA) is 105 Å². The van der Waals surface area contributed by atoms with E-state index in [1.807, 2.05) is 37.3 Å². The minimum Gasteiger partial charge on any atom is -0.493 e. The number of nitrogens with one attached hydrogen (secondary N) is 1. The van der Waals surface area contributed by atoms with Crippen LogP contribution in [0.2, 0.25) is 0 Å². The maximum atomic E-state index is 14.1. The Balaban J connectivity index is 1.72. The van der Waals surface area contributed by atoms with E-state index < -0.39 is 28.5 Å². The van der Waals surface area contributed by atoms with E-state index in [0.29, 0.717) is 11.5 Å². The highest BCUT2D eigenvalue weighted by atomic mass is 32.2. The highest BCUT2D eigenvalue weighted by molar-refractivity contribution is 7.92. The van der Waals surface area contributed by atoms with Crippen LogP contribution in [0.3, 0.4) is 0 Å². The van der Waals surface area contributed by atoms with Gasteiger partial charge in [0.15, 0.2) is 11.5 Å². The predicted octanol–water partition coefficient (Wildman–Crippen LogP) is 4.68. The lowest BCUT2D eigenvalue weighted by Gasteiger charge is -2.32. The Labute approximate surface area is 248 Å². The molecule has 1 saturated carbocycles. The monoisotopic (exact) mass is 593 g/mol. The molecule has 1 atom stereocenters. The number of carbonyl (C=O) groups excluding carboxylic acids is 2. The van der Waals surface area contributed by atoms with Gasteiger partial charge in [-0.15, -0.1) is 0 Å². The zero-order valence-electron chi connectivity index (χ0n) is 24.6. The number of anilines is 1. The Hall–Kier alpha value is -4.05. The third-order valence-electron chi connectivity index (χ3n) is 7.61. The van der Waals surface area contributed by atoms with E-state index in [-0.39, 0.29) is 29.1 Å². The molecule has 224 valence electrons. The second-order valence-electron chi connectivity index (χ2n) is 10.5. The lowest BCUT2D eigenvalue weighted by molar-refractivity contribution is -0.139. The first-order chi connectivity index (χ1) is 20.1. The van der Waals surface area contributed by atoms with Gasteiger partial charge < -0.3 is 19.7 Å². The first-order valence-electron chi connectivity index (χ1n) is 14.1. The smallest absolute Gasteiger partial charge is 0.264 e. The van der Waals surface area contributed by atoms with E-state index in [0.717, 1.165) is 41.1 Å². The highest BCUT2D eigenvalue weighted by Gasteiger charge is 2.33. The van der Waals surface area contributed by atoms with Gasteiger partial charge in [-0.1, -0.05) is 60.9 Å². The first-order valence-corrected chi connectivity index (χ1v) is 15.5. The molecule has 1 unspecified atom stereocenters. The average molecular weight is 594 g/mol. The van der Waals surface area contributed by atoms with Crippen molar-refractivity contribution in [1.82, 2.24) is 10.2 Å². The molecule has 0 heterocycles. The van der Waals surface area contributed by atoms with E-state index in [4.69, 9.17) is 9.47 Å². The van der Waals surface area contributed by atoms with Gasteiger partial charge in [-0.25, -0.2) is 8.42 Å². The van der Waals surface area contributed by atoms with Crippen molar-refractivity contribution in [1.29, 1.82) is 0 Å². The van der Waals surface area contributed by atoms with Gasteiger partial charge in [0.2, 0.25) is 11.8 Å². The summed E-state index contributed by atoms with van der Waals surface area (Å²) in [6.45, 7) is 3.16. The van der Waals surface area contributed by atoms with Crippen LogP contribution in [0, 0.1) is 6.92 Å². The quantitative estimate of drug-likeness (QED) is 0.327. The lowest BCUT2D eigenvalue weighted by atomic mass is 10.1. The Morgan fingerprint density at radius 3 is 2.19 bits per heavy atom. The molecule has 9 nitrogen and oxygen atoms in total. The van der Waals surface area contributed by atoms with E-state index in [9.17, 15) is 18.0 Å².